The molecule has 0 bridgehead atoms. The lowest BCUT2D eigenvalue weighted by Crippen LogP contribution is -2.15. The van der Waals surface area contributed by atoms with Gasteiger partial charge in [0.1, 0.15) is 5.69 Å². The molecule has 0 N–H and O–H groups in total. The van der Waals surface area contributed by atoms with Gasteiger partial charge in [-0.05, 0) is 24.3 Å². The van der Waals surface area contributed by atoms with Gasteiger partial charge in [0, 0.05) is 28.8 Å². The molecule has 128 valence electrons. The summed E-state index contributed by atoms with van der Waals surface area (Å²) in [7, 11) is 1.86. The van der Waals surface area contributed by atoms with Crippen molar-refractivity contribution in [3.05, 3.63) is 53.3 Å². The van der Waals surface area contributed by atoms with Gasteiger partial charge in [0.05, 0.1) is 17.8 Å². The van der Waals surface area contributed by atoms with Crippen LogP contribution in [0.4, 0.5) is 0 Å². The van der Waals surface area contributed by atoms with Gasteiger partial charge in [-0.15, -0.1) is 0 Å². The van der Waals surface area contributed by atoms with Crippen LogP contribution in [0.3, 0.4) is 0 Å². The first-order chi connectivity index (χ1) is 11.9. The maximum atomic E-state index is 12.0. The number of rotatable bonds is 4. The molecule has 0 radical (unpaired) electrons. The summed E-state index contributed by atoms with van der Waals surface area (Å²) in [5.74, 6) is -0.0429. The number of aromatic nitrogens is 3. The van der Waals surface area contributed by atoms with Gasteiger partial charge < -0.3 is 4.74 Å². The Labute approximate surface area is 154 Å². The fraction of sp³-hybridized carbons (Fsp3) is 0.211. The number of hydrogen-bond acceptors (Lipinski definition) is 4. The first kappa shape index (κ1) is 17.4. The molecule has 2 heterocycles. The highest BCUT2D eigenvalue weighted by molar-refractivity contribution is 9.10. The van der Waals surface area contributed by atoms with Gasteiger partial charge in [-0.2, -0.15) is 5.10 Å². The van der Waals surface area contributed by atoms with E-state index in [1.807, 2.05) is 43.6 Å². The van der Waals surface area contributed by atoms with Crippen LogP contribution >= 0.6 is 15.9 Å². The van der Waals surface area contributed by atoms with E-state index in [2.05, 4.69) is 21.0 Å². The Hall–Kier alpha value is -2.47. The number of pyridine rings is 1. The van der Waals surface area contributed by atoms with E-state index in [9.17, 15) is 4.79 Å². The average Bonchev–Trinajstić information content (AvgIpc) is 3.02. The normalized spacial score (nSPS) is 10.9. The monoisotopic (exact) mass is 399 g/mol. The molecular formula is C19H18BrN3O2. The van der Waals surface area contributed by atoms with Gasteiger partial charge in [0.25, 0.3) is 0 Å². The summed E-state index contributed by atoms with van der Waals surface area (Å²) in [6.07, 6.45) is 3.65. The predicted octanol–water partition coefficient (Wildman–Crippen LogP) is 4.47. The fourth-order valence-electron chi connectivity index (χ4n) is 2.28. The number of ether oxygens (including phenoxy) is 1. The molecule has 0 fully saturated rings. The maximum absolute atomic E-state index is 12.0. The number of nitrogens with zero attached hydrogens (tertiary/aromatic N) is 3. The zero-order valence-corrected chi connectivity index (χ0v) is 15.8. The maximum Gasteiger partial charge on any atom is 0.313 e. The van der Waals surface area contributed by atoms with Gasteiger partial charge in [-0.1, -0.05) is 41.9 Å². The van der Waals surface area contributed by atoms with Crippen LogP contribution < -0.4 is 4.74 Å². The summed E-state index contributed by atoms with van der Waals surface area (Å²) in [4.78, 5) is 16.8. The molecule has 5 nitrogen and oxygen atoms in total. The highest BCUT2D eigenvalue weighted by Crippen LogP contribution is 2.32. The second kappa shape index (κ2) is 7.19. The van der Waals surface area contributed by atoms with Crippen molar-refractivity contribution in [3.8, 4) is 28.3 Å². The van der Waals surface area contributed by atoms with Crippen molar-refractivity contribution in [2.24, 2.45) is 13.0 Å². The predicted molar refractivity (Wildman–Crippen MR) is 100 cm³/mol. The zero-order valence-electron chi connectivity index (χ0n) is 14.2. The summed E-state index contributed by atoms with van der Waals surface area (Å²) in [5, 5.41) is 4.19. The van der Waals surface area contributed by atoms with Crippen molar-refractivity contribution in [2.45, 2.75) is 13.8 Å². The molecule has 0 unspecified atom stereocenters. The lowest BCUT2D eigenvalue weighted by molar-refractivity contribution is -0.137. The van der Waals surface area contributed by atoms with Crippen LogP contribution in [0.25, 0.3) is 22.5 Å². The van der Waals surface area contributed by atoms with Crippen LogP contribution in [0.15, 0.2) is 53.3 Å². The zero-order chi connectivity index (χ0) is 18.0. The van der Waals surface area contributed by atoms with Gasteiger partial charge in [-0.3, -0.25) is 9.48 Å². The van der Waals surface area contributed by atoms with Crippen LogP contribution in [0.1, 0.15) is 13.8 Å². The Balaban J connectivity index is 2.08. The van der Waals surface area contributed by atoms with E-state index in [0.717, 1.165) is 21.3 Å². The lowest BCUT2D eigenvalue weighted by atomic mass is 10.1. The number of halogens is 1. The molecule has 0 spiro atoms. The summed E-state index contributed by atoms with van der Waals surface area (Å²) < 4.78 is 8.25. The van der Waals surface area contributed by atoms with Crippen molar-refractivity contribution in [1.82, 2.24) is 14.8 Å². The number of carbonyl (C=O) groups excluding carboxylic acids is 1. The van der Waals surface area contributed by atoms with E-state index in [4.69, 9.17) is 9.72 Å². The van der Waals surface area contributed by atoms with E-state index in [1.54, 1.807) is 30.8 Å². The lowest BCUT2D eigenvalue weighted by Gasteiger charge is -2.12. The number of benzene rings is 1. The van der Waals surface area contributed by atoms with Gasteiger partial charge >= 0.3 is 5.97 Å². The molecule has 3 rings (SSSR count). The van der Waals surface area contributed by atoms with E-state index >= 15 is 0 Å². The molecule has 2 aromatic heterocycles. The highest BCUT2D eigenvalue weighted by Gasteiger charge is 2.16. The largest absolute Gasteiger partial charge is 0.424 e. The van der Waals surface area contributed by atoms with Crippen LogP contribution in [-0.2, 0) is 11.8 Å². The SMILES string of the molecule is CC(C)C(=O)Oc1ccc(-c2cnn(C)c2)nc1-c1ccc(Br)cc1. The van der Waals surface area contributed by atoms with Crippen LogP contribution in [0.2, 0.25) is 0 Å². The molecule has 0 saturated heterocycles. The summed E-state index contributed by atoms with van der Waals surface area (Å²) in [6, 6.07) is 11.4. The molecule has 0 aliphatic heterocycles. The van der Waals surface area contributed by atoms with Crippen molar-refractivity contribution in [2.75, 3.05) is 0 Å². The van der Waals surface area contributed by atoms with Crippen molar-refractivity contribution >= 4 is 21.9 Å². The molecule has 25 heavy (non-hydrogen) atoms. The topological polar surface area (TPSA) is 57.0 Å². The first-order valence-corrected chi connectivity index (χ1v) is 8.71. The fourth-order valence-corrected chi connectivity index (χ4v) is 2.55. The Morgan fingerprint density at radius 2 is 1.84 bits per heavy atom. The first-order valence-electron chi connectivity index (χ1n) is 7.91. The minimum atomic E-state index is -0.283. The van der Waals surface area contributed by atoms with E-state index in [0.29, 0.717) is 11.4 Å². The van der Waals surface area contributed by atoms with Crippen molar-refractivity contribution < 1.29 is 9.53 Å². The third kappa shape index (κ3) is 3.96. The molecule has 0 aliphatic rings. The Bertz CT molecular complexity index is 901. The molecule has 0 amide bonds. The second-order valence-electron chi connectivity index (χ2n) is 6.03. The Morgan fingerprint density at radius 1 is 1.12 bits per heavy atom. The average molecular weight is 400 g/mol. The molecule has 1 aromatic carbocycles. The van der Waals surface area contributed by atoms with Crippen molar-refractivity contribution in [1.29, 1.82) is 0 Å². The second-order valence-corrected chi connectivity index (χ2v) is 6.94. The Kier molecular flexibility index (Phi) is 4.99. The molecule has 0 atom stereocenters. The highest BCUT2D eigenvalue weighted by atomic mass is 79.9. The van der Waals surface area contributed by atoms with Gasteiger partial charge in [0.2, 0.25) is 0 Å². The minimum absolute atomic E-state index is 0.212. The standard InChI is InChI=1S/C19H18BrN3O2/c1-12(2)19(24)25-17-9-8-16(14-10-21-23(3)11-14)22-18(17)13-4-6-15(20)7-5-13/h4-12H,1-3H3. The smallest absolute Gasteiger partial charge is 0.313 e. The number of hydrogen-bond donors (Lipinski definition) is 0. The van der Waals surface area contributed by atoms with Crippen molar-refractivity contribution in [3.63, 3.8) is 0 Å². The third-order valence-electron chi connectivity index (χ3n) is 3.66. The van der Waals surface area contributed by atoms with Crippen LogP contribution in [0, 0.1) is 5.92 Å². The summed E-state index contributed by atoms with van der Waals surface area (Å²) in [5.41, 5.74) is 3.18. The van der Waals surface area contributed by atoms with Gasteiger partial charge in [-0.25, -0.2) is 4.98 Å². The van der Waals surface area contributed by atoms with Crippen LogP contribution in [0.5, 0.6) is 5.75 Å². The molecule has 6 heteroatoms. The molecule has 0 aliphatic carbocycles. The molecule has 0 saturated carbocycles. The molecular weight excluding hydrogens is 382 g/mol. The van der Waals surface area contributed by atoms with E-state index in [1.165, 1.54) is 0 Å². The molecule has 3 aromatic rings. The number of carbonyl (C=O) groups is 1. The van der Waals surface area contributed by atoms with Gasteiger partial charge in [0.15, 0.2) is 5.75 Å². The number of esters is 1. The summed E-state index contributed by atoms with van der Waals surface area (Å²) >= 11 is 3.43. The van der Waals surface area contributed by atoms with Crippen LogP contribution in [-0.4, -0.2) is 20.7 Å². The Morgan fingerprint density at radius 3 is 2.44 bits per heavy atom. The quantitative estimate of drug-likeness (QED) is 0.607. The van der Waals surface area contributed by atoms with E-state index in [-0.39, 0.29) is 11.9 Å². The third-order valence-corrected chi connectivity index (χ3v) is 4.19. The number of aryl methyl sites for hydroxylation is 1. The minimum Gasteiger partial charge on any atom is -0.424 e. The summed E-state index contributed by atoms with van der Waals surface area (Å²) in [6.45, 7) is 3.61. The van der Waals surface area contributed by atoms with E-state index < -0.39 is 0 Å².